The molecular formula is C15H26N2S. The van der Waals surface area contributed by atoms with Crippen LogP contribution in [0.15, 0.2) is 16.8 Å². The normalized spacial score (nSPS) is 18.6. The van der Waals surface area contributed by atoms with Crippen LogP contribution in [0, 0.1) is 5.41 Å². The fourth-order valence-corrected chi connectivity index (χ4v) is 3.89. The van der Waals surface area contributed by atoms with Crippen molar-refractivity contribution in [2.45, 2.75) is 39.2 Å². The number of nitrogens with zero attached hydrogens (tertiary/aromatic N) is 1. The highest BCUT2D eigenvalue weighted by molar-refractivity contribution is 7.07. The highest BCUT2D eigenvalue weighted by Crippen LogP contribution is 2.38. The Morgan fingerprint density at radius 2 is 2.17 bits per heavy atom. The van der Waals surface area contributed by atoms with E-state index in [4.69, 9.17) is 0 Å². The predicted octanol–water partition coefficient (Wildman–Crippen LogP) is 3.35. The third-order valence-electron chi connectivity index (χ3n) is 4.05. The SMILES string of the molecule is CCNCC1(CN(C)Cc2ccsc2)CCCC1. The Morgan fingerprint density at radius 1 is 1.39 bits per heavy atom. The van der Waals surface area contributed by atoms with Crippen LogP contribution in [0.4, 0.5) is 0 Å². The van der Waals surface area contributed by atoms with Crippen molar-refractivity contribution in [1.82, 2.24) is 10.2 Å². The lowest BCUT2D eigenvalue weighted by Gasteiger charge is -2.34. The van der Waals surface area contributed by atoms with Gasteiger partial charge in [-0.05, 0) is 54.2 Å². The van der Waals surface area contributed by atoms with Crippen molar-refractivity contribution in [2.75, 3.05) is 26.7 Å². The maximum atomic E-state index is 3.57. The van der Waals surface area contributed by atoms with Gasteiger partial charge in [-0.15, -0.1) is 0 Å². The molecule has 1 fully saturated rings. The van der Waals surface area contributed by atoms with Gasteiger partial charge in [-0.3, -0.25) is 0 Å². The van der Waals surface area contributed by atoms with E-state index >= 15 is 0 Å². The van der Waals surface area contributed by atoms with E-state index < -0.39 is 0 Å². The smallest absolute Gasteiger partial charge is 0.0239 e. The molecule has 2 rings (SSSR count). The quantitative estimate of drug-likeness (QED) is 0.814. The second kappa shape index (κ2) is 6.69. The molecule has 3 heteroatoms. The van der Waals surface area contributed by atoms with E-state index in [0.717, 1.165) is 13.1 Å². The molecule has 1 N–H and O–H groups in total. The van der Waals surface area contributed by atoms with Crippen molar-refractivity contribution in [1.29, 1.82) is 0 Å². The summed E-state index contributed by atoms with van der Waals surface area (Å²) < 4.78 is 0. The van der Waals surface area contributed by atoms with Crippen LogP contribution in [0.25, 0.3) is 0 Å². The summed E-state index contributed by atoms with van der Waals surface area (Å²) in [7, 11) is 2.27. The van der Waals surface area contributed by atoms with Crippen molar-refractivity contribution in [3.63, 3.8) is 0 Å². The molecule has 1 aliphatic carbocycles. The molecule has 1 saturated carbocycles. The van der Waals surface area contributed by atoms with Crippen LogP contribution >= 0.6 is 11.3 Å². The number of thiophene rings is 1. The molecule has 0 aliphatic heterocycles. The standard InChI is InChI=1S/C15H26N2S/c1-3-16-12-15(7-4-5-8-15)13-17(2)10-14-6-9-18-11-14/h6,9,11,16H,3-5,7-8,10,12-13H2,1-2H3. The van der Waals surface area contributed by atoms with Crippen LogP contribution in [0.1, 0.15) is 38.2 Å². The van der Waals surface area contributed by atoms with Gasteiger partial charge in [-0.1, -0.05) is 19.8 Å². The molecule has 0 atom stereocenters. The molecule has 0 bridgehead atoms. The summed E-state index contributed by atoms with van der Waals surface area (Å²) in [6.07, 6.45) is 5.62. The van der Waals surface area contributed by atoms with Gasteiger partial charge in [0.15, 0.2) is 0 Å². The van der Waals surface area contributed by atoms with E-state index in [1.165, 1.54) is 44.3 Å². The number of hydrogen-bond donors (Lipinski definition) is 1. The topological polar surface area (TPSA) is 15.3 Å². The first-order chi connectivity index (χ1) is 8.74. The van der Waals surface area contributed by atoms with Gasteiger partial charge in [0, 0.05) is 19.6 Å². The summed E-state index contributed by atoms with van der Waals surface area (Å²) in [4.78, 5) is 2.50. The Hall–Kier alpha value is -0.380. The summed E-state index contributed by atoms with van der Waals surface area (Å²) in [6, 6.07) is 2.24. The summed E-state index contributed by atoms with van der Waals surface area (Å²) >= 11 is 1.80. The van der Waals surface area contributed by atoms with Crippen molar-refractivity contribution in [2.24, 2.45) is 5.41 Å². The van der Waals surface area contributed by atoms with E-state index in [-0.39, 0.29) is 0 Å². The molecule has 1 aromatic heterocycles. The molecule has 102 valence electrons. The third-order valence-corrected chi connectivity index (χ3v) is 4.78. The van der Waals surface area contributed by atoms with Gasteiger partial charge >= 0.3 is 0 Å². The van der Waals surface area contributed by atoms with E-state index in [1.54, 1.807) is 11.3 Å². The van der Waals surface area contributed by atoms with Crippen molar-refractivity contribution in [3.8, 4) is 0 Å². The molecule has 2 nitrogen and oxygen atoms in total. The van der Waals surface area contributed by atoms with Crippen LogP contribution in [0.2, 0.25) is 0 Å². The van der Waals surface area contributed by atoms with Crippen molar-refractivity contribution < 1.29 is 0 Å². The minimum absolute atomic E-state index is 0.529. The Bertz CT molecular complexity index is 328. The lowest BCUT2D eigenvalue weighted by molar-refractivity contribution is 0.168. The second-order valence-corrected chi connectivity index (χ2v) is 6.57. The number of rotatable bonds is 7. The molecule has 0 aromatic carbocycles. The lowest BCUT2D eigenvalue weighted by atomic mass is 9.85. The molecule has 18 heavy (non-hydrogen) atoms. The first-order valence-corrected chi connectivity index (χ1v) is 8.09. The van der Waals surface area contributed by atoms with Gasteiger partial charge in [0.2, 0.25) is 0 Å². The van der Waals surface area contributed by atoms with Crippen LogP contribution in [-0.2, 0) is 6.54 Å². The maximum absolute atomic E-state index is 3.57. The Morgan fingerprint density at radius 3 is 2.78 bits per heavy atom. The van der Waals surface area contributed by atoms with E-state index in [0.29, 0.717) is 5.41 Å². The maximum Gasteiger partial charge on any atom is 0.0239 e. The van der Waals surface area contributed by atoms with Gasteiger partial charge in [0.1, 0.15) is 0 Å². The number of hydrogen-bond acceptors (Lipinski definition) is 3. The molecule has 1 aromatic rings. The molecule has 0 saturated heterocycles. The Balaban J connectivity index is 1.87. The second-order valence-electron chi connectivity index (χ2n) is 5.79. The summed E-state index contributed by atoms with van der Waals surface area (Å²) in [5, 5.41) is 8.01. The summed E-state index contributed by atoms with van der Waals surface area (Å²) in [5.41, 5.74) is 1.99. The highest BCUT2D eigenvalue weighted by atomic mass is 32.1. The van der Waals surface area contributed by atoms with E-state index in [9.17, 15) is 0 Å². The van der Waals surface area contributed by atoms with Crippen LogP contribution in [0.5, 0.6) is 0 Å². The van der Waals surface area contributed by atoms with E-state index in [1.807, 2.05) is 0 Å². The largest absolute Gasteiger partial charge is 0.316 e. The predicted molar refractivity (Wildman–Crippen MR) is 80.1 cm³/mol. The molecule has 0 spiro atoms. The van der Waals surface area contributed by atoms with Gasteiger partial charge in [-0.25, -0.2) is 0 Å². The molecule has 1 aliphatic rings. The average molecular weight is 266 g/mol. The van der Waals surface area contributed by atoms with Gasteiger partial charge < -0.3 is 10.2 Å². The lowest BCUT2D eigenvalue weighted by Crippen LogP contribution is -2.41. The first-order valence-electron chi connectivity index (χ1n) is 7.14. The van der Waals surface area contributed by atoms with Gasteiger partial charge in [-0.2, -0.15) is 11.3 Å². The monoisotopic (exact) mass is 266 g/mol. The van der Waals surface area contributed by atoms with Crippen LogP contribution in [0.3, 0.4) is 0 Å². The van der Waals surface area contributed by atoms with Crippen LogP contribution in [-0.4, -0.2) is 31.6 Å². The molecule has 0 radical (unpaired) electrons. The molecular weight excluding hydrogens is 240 g/mol. The minimum Gasteiger partial charge on any atom is -0.316 e. The van der Waals surface area contributed by atoms with E-state index in [2.05, 4.69) is 41.0 Å². The van der Waals surface area contributed by atoms with Crippen LogP contribution < -0.4 is 5.32 Å². The minimum atomic E-state index is 0.529. The summed E-state index contributed by atoms with van der Waals surface area (Å²) in [5.74, 6) is 0. The Kier molecular flexibility index (Phi) is 5.22. The zero-order valence-corrected chi connectivity index (χ0v) is 12.6. The van der Waals surface area contributed by atoms with Crippen molar-refractivity contribution >= 4 is 11.3 Å². The average Bonchev–Trinajstić information content (AvgIpc) is 2.99. The first kappa shape index (κ1) is 14.0. The fraction of sp³-hybridized carbons (Fsp3) is 0.733. The zero-order valence-electron chi connectivity index (χ0n) is 11.7. The molecule has 0 amide bonds. The highest BCUT2D eigenvalue weighted by Gasteiger charge is 2.34. The zero-order chi connectivity index (χ0) is 12.8. The third kappa shape index (κ3) is 3.81. The number of nitrogens with one attached hydrogen (secondary N) is 1. The molecule has 1 heterocycles. The Labute approximate surface area is 115 Å². The summed E-state index contributed by atoms with van der Waals surface area (Å²) in [6.45, 7) is 6.82. The van der Waals surface area contributed by atoms with Gasteiger partial charge in [0.25, 0.3) is 0 Å². The fourth-order valence-electron chi connectivity index (χ4n) is 3.23. The van der Waals surface area contributed by atoms with Crippen molar-refractivity contribution in [3.05, 3.63) is 22.4 Å². The van der Waals surface area contributed by atoms with Gasteiger partial charge in [0.05, 0.1) is 0 Å². The molecule has 0 unspecified atom stereocenters.